The monoisotopic (exact) mass is 223 g/mol. The summed E-state index contributed by atoms with van der Waals surface area (Å²) in [6.07, 6.45) is -0.494. The Labute approximate surface area is 97.4 Å². The molecule has 2 atom stereocenters. The molecule has 0 amide bonds. The van der Waals surface area contributed by atoms with Crippen LogP contribution in [0.2, 0.25) is 0 Å². The van der Waals surface area contributed by atoms with E-state index in [-0.39, 0.29) is 6.04 Å². The number of likely N-dealkylation sites (N-methyl/N-ethyl adjacent to an activating group) is 1. The molecule has 0 bridgehead atoms. The van der Waals surface area contributed by atoms with Gasteiger partial charge >= 0.3 is 0 Å². The summed E-state index contributed by atoms with van der Waals surface area (Å²) >= 11 is 0. The highest BCUT2D eigenvalue weighted by molar-refractivity contribution is 5.29. The van der Waals surface area contributed by atoms with E-state index in [1.54, 1.807) is 7.11 Å². The Hall–Kier alpha value is -0.900. The molecule has 0 saturated carbocycles. The number of benzene rings is 1. The average Bonchev–Trinajstić information content (AvgIpc) is 2.29. The van der Waals surface area contributed by atoms with Gasteiger partial charge in [-0.1, -0.05) is 31.2 Å². The molecule has 1 aromatic carbocycles. The molecule has 2 unspecified atom stereocenters. The highest BCUT2D eigenvalue weighted by Gasteiger charge is 2.17. The summed E-state index contributed by atoms with van der Waals surface area (Å²) in [4.78, 5) is 0. The van der Waals surface area contributed by atoms with E-state index in [1.165, 1.54) is 0 Å². The van der Waals surface area contributed by atoms with E-state index >= 15 is 0 Å². The standard InChI is InChI=1S/C13H21NO2/c1-4-14-10(2)13(15)12-8-6-5-7-11(12)9-16-3/h5-8,10,13-15H,4,9H2,1-3H3. The maximum Gasteiger partial charge on any atom is 0.0943 e. The molecule has 3 heteroatoms. The molecule has 0 aliphatic carbocycles. The van der Waals surface area contributed by atoms with Crippen LogP contribution in [-0.4, -0.2) is 24.8 Å². The lowest BCUT2D eigenvalue weighted by atomic mass is 9.98. The van der Waals surface area contributed by atoms with E-state index in [0.717, 1.165) is 17.7 Å². The fourth-order valence-electron chi connectivity index (χ4n) is 1.81. The number of methoxy groups -OCH3 is 1. The van der Waals surface area contributed by atoms with Gasteiger partial charge in [-0.3, -0.25) is 0 Å². The van der Waals surface area contributed by atoms with E-state index in [9.17, 15) is 5.11 Å². The van der Waals surface area contributed by atoms with Crippen LogP contribution in [0.5, 0.6) is 0 Å². The van der Waals surface area contributed by atoms with Crippen molar-refractivity contribution >= 4 is 0 Å². The lowest BCUT2D eigenvalue weighted by Crippen LogP contribution is -2.32. The number of rotatable bonds is 6. The zero-order chi connectivity index (χ0) is 12.0. The summed E-state index contributed by atoms with van der Waals surface area (Å²) in [5.74, 6) is 0. The minimum Gasteiger partial charge on any atom is -0.387 e. The fourth-order valence-corrected chi connectivity index (χ4v) is 1.81. The molecule has 2 N–H and O–H groups in total. The van der Waals surface area contributed by atoms with Crippen molar-refractivity contribution in [2.45, 2.75) is 32.6 Å². The number of hydrogen-bond donors (Lipinski definition) is 2. The first-order chi connectivity index (χ1) is 7.70. The molecule has 0 spiro atoms. The van der Waals surface area contributed by atoms with Crippen LogP contribution in [0.25, 0.3) is 0 Å². The molecule has 1 rings (SSSR count). The maximum absolute atomic E-state index is 10.2. The van der Waals surface area contributed by atoms with Gasteiger partial charge in [0.15, 0.2) is 0 Å². The molecule has 0 heterocycles. The lowest BCUT2D eigenvalue weighted by molar-refractivity contribution is 0.130. The van der Waals surface area contributed by atoms with Crippen molar-refractivity contribution in [3.63, 3.8) is 0 Å². The number of aliphatic hydroxyl groups is 1. The topological polar surface area (TPSA) is 41.5 Å². The summed E-state index contributed by atoms with van der Waals surface area (Å²) in [5, 5.41) is 13.4. The summed E-state index contributed by atoms with van der Waals surface area (Å²) in [5.41, 5.74) is 1.99. The second-order valence-electron chi connectivity index (χ2n) is 3.92. The molecule has 0 fully saturated rings. The zero-order valence-corrected chi connectivity index (χ0v) is 10.2. The number of nitrogens with one attached hydrogen (secondary N) is 1. The van der Waals surface area contributed by atoms with E-state index in [2.05, 4.69) is 5.32 Å². The van der Waals surface area contributed by atoms with Crippen molar-refractivity contribution in [2.24, 2.45) is 0 Å². The first-order valence-corrected chi connectivity index (χ1v) is 5.68. The van der Waals surface area contributed by atoms with E-state index < -0.39 is 6.10 Å². The summed E-state index contributed by atoms with van der Waals surface area (Å²) in [6, 6.07) is 7.88. The number of hydrogen-bond acceptors (Lipinski definition) is 3. The molecule has 0 radical (unpaired) electrons. The van der Waals surface area contributed by atoms with E-state index in [0.29, 0.717) is 6.61 Å². The minimum absolute atomic E-state index is 0.0445. The molecular formula is C13H21NO2. The van der Waals surface area contributed by atoms with Crippen molar-refractivity contribution in [2.75, 3.05) is 13.7 Å². The summed E-state index contributed by atoms with van der Waals surface area (Å²) in [6.45, 7) is 5.40. The third-order valence-electron chi connectivity index (χ3n) is 2.67. The Balaban J connectivity index is 2.84. The Kier molecular flexibility index (Phi) is 5.46. The quantitative estimate of drug-likeness (QED) is 0.773. The molecule has 16 heavy (non-hydrogen) atoms. The second-order valence-corrected chi connectivity index (χ2v) is 3.92. The summed E-state index contributed by atoms with van der Waals surface area (Å²) in [7, 11) is 1.66. The Morgan fingerprint density at radius 3 is 2.69 bits per heavy atom. The van der Waals surface area contributed by atoms with Crippen LogP contribution < -0.4 is 5.32 Å². The molecule has 0 aliphatic rings. The molecule has 3 nitrogen and oxygen atoms in total. The highest BCUT2D eigenvalue weighted by Crippen LogP contribution is 2.21. The van der Waals surface area contributed by atoms with Gasteiger partial charge in [0.25, 0.3) is 0 Å². The summed E-state index contributed by atoms with van der Waals surface area (Å²) < 4.78 is 5.13. The van der Waals surface area contributed by atoms with Gasteiger partial charge in [0.1, 0.15) is 0 Å². The van der Waals surface area contributed by atoms with Crippen LogP contribution in [0.3, 0.4) is 0 Å². The Morgan fingerprint density at radius 2 is 2.06 bits per heavy atom. The van der Waals surface area contributed by atoms with Gasteiger partial charge in [0.2, 0.25) is 0 Å². The molecule has 0 aromatic heterocycles. The fraction of sp³-hybridized carbons (Fsp3) is 0.538. The third-order valence-corrected chi connectivity index (χ3v) is 2.67. The van der Waals surface area contributed by atoms with Crippen LogP contribution in [0, 0.1) is 0 Å². The lowest BCUT2D eigenvalue weighted by Gasteiger charge is -2.22. The van der Waals surface area contributed by atoms with E-state index in [1.807, 2.05) is 38.1 Å². The van der Waals surface area contributed by atoms with E-state index in [4.69, 9.17) is 4.74 Å². The number of aliphatic hydroxyl groups excluding tert-OH is 1. The van der Waals surface area contributed by atoms with Crippen LogP contribution >= 0.6 is 0 Å². The van der Waals surface area contributed by atoms with Crippen LogP contribution in [0.4, 0.5) is 0 Å². The van der Waals surface area contributed by atoms with Crippen molar-refractivity contribution in [3.8, 4) is 0 Å². The smallest absolute Gasteiger partial charge is 0.0943 e. The Bertz CT molecular complexity index is 315. The predicted molar refractivity (Wildman–Crippen MR) is 65.3 cm³/mol. The van der Waals surface area contributed by atoms with Gasteiger partial charge in [-0.2, -0.15) is 0 Å². The zero-order valence-electron chi connectivity index (χ0n) is 10.2. The highest BCUT2D eigenvalue weighted by atomic mass is 16.5. The molecule has 0 aliphatic heterocycles. The molecule has 1 aromatic rings. The first kappa shape index (κ1) is 13.2. The SMILES string of the molecule is CCNC(C)C(O)c1ccccc1COC. The van der Waals surface area contributed by atoms with Gasteiger partial charge in [0, 0.05) is 13.2 Å². The van der Waals surface area contributed by atoms with Crippen LogP contribution in [-0.2, 0) is 11.3 Å². The van der Waals surface area contributed by atoms with Crippen molar-refractivity contribution in [3.05, 3.63) is 35.4 Å². The van der Waals surface area contributed by atoms with Crippen molar-refractivity contribution in [1.82, 2.24) is 5.32 Å². The van der Waals surface area contributed by atoms with Gasteiger partial charge in [0.05, 0.1) is 12.7 Å². The average molecular weight is 223 g/mol. The third kappa shape index (κ3) is 3.30. The van der Waals surface area contributed by atoms with Crippen molar-refractivity contribution in [1.29, 1.82) is 0 Å². The predicted octanol–water partition coefficient (Wildman–Crippen LogP) is 1.86. The van der Waals surface area contributed by atoms with Gasteiger partial charge in [-0.05, 0) is 24.6 Å². The normalized spacial score (nSPS) is 14.8. The number of ether oxygens (including phenoxy) is 1. The largest absolute Gasteiger partial charge is 0.387 e. The second kappa shape index (κ2) is 6.63. The molecule has 0 saturated heterocycles. The van der Waals surface area contributed by atoms with Crippen LogP contribution in [0.15, 0.2) is 24.3 Å². The molecule has 90 valence electrons. The Morgan fingerprint density at radius 1 is 1.38 bits per heavy atom. The van der Waals surface area contributed by atoms with Gasteiger partial charge < -0.3 is 15.2 Å². The van der Waals surface area contributed by atoms with Crippen molar-refractivity contribution < 1.29 is 9.84 Å². The minimum atomic E-state index is -0.494. The van der Waals surface area contributed by atoms with Gasteiger partial charge in [-0.25, -0.2) is 0 Å². The van der Waals surface area contributed by atoms with Gasteiger partial charge in [-0.15, -0.1) is 0 Å². The first-order valence-electron chi connectivity index (χ1n) is 5.68. The molecular weight excluding hydrogens is 202 g/mol. The maximum atomic E-state index is 10.2. The van der Waals surface area contributed by atoms with Crippen LogP contribution in [0.1, 0.15) is 31.1 Å².